The van der Waals surface area contributed by atoms with E-state index in [1.54, 1.807) is 44.4 Å². The third-order valence-corrected chi connectivity index (χ3v) is 11.0. The van der Waals surface area contributed by atoms with Gasteiger partial charge in [0, 0.05) is 24.1 Å². The van der Waals surface area contributed by atoms with Gasteiger partial charge in [0.1, 0.15) is 28.3 Å². The first-order chi connectivity index (χ1) is 18.0. The zero-order valence-electron chi connectivity index (χ0n) is 22.0. The number of ether oxygens (including phenoxy) is 2. The lowest BCUT2D eigenvalue weighted by Crippen LogP contribution is -2.31. The monoisotopic (exact) mass is 566 g/mol. The van der Waals surface area contributed by atoms with Crippen LogP contribution in [-0.4, -0.2) is 67.5 Å². The first-order valence-corrected chi connectivity index (χ1v) is 15.5. The van der Waals surface area contributed by atoms with Crippen molar-refractivity contribution in [1.82, 2.24) is 24.7 Å². The highest BCUT2D eigenvalue weighted by molar-refractivity contribution is 8.24. The van der Waals surface area contributed by atoms with Crippen LogP contribution < -0.4 is 14.2 Å². The summed E-state index contributed by atoms with van der Waals surface area (Å²) >= 11 is 0. The lowest BCUT2D eigenvalue weighted by atomic mass is 10.1. The van der Waals surface area contributed by atoms with Crippen LogP contribution in [0.15, 0.2) is 30.6 Å². The Morgan fingerprint density at radius 1 is 1.08 bits per heavy atom. The van der Waals surface area contributed by atoms with Crippen molar-refractivity contribution < 1.29 is 27.0 Å². The predicted octanol–water partition coefficient (Wildman–Crippen LogP) is 4.29. The average Bonchev–Trinajstić information content (AvgIpc) is 3.28. The molecule has 0 bridgehead atoms. The molecule has 1 aliphatic heterocycles. The van der Waals surface area contributed by atoms with E-state index in [1.165, 1.54) is 18.8 Å². The molecule has 0 aliphatic carbocycles. The van der Waals surface area contributed by atoms with Crippen LogP contribution in [0.3, 0.4) is 0 Å². The number of benzene rings is 1. The molecule has 3 heterocycles. The molecule has 3 N–H and O–H groups in total. The fraction of sp³-hybridized carbons (Fsp3) is 0.500. The number of aromatic nitrogens is 5. The molecule has 208 valence electrons. The summed E-state index contributed by atoms with van der Waals surface area (Å²) in [6, 6.07) is 5.12. The summed E-state index contributed by atoms with van der Waals surface area (Å²) in [4.78, 5) is 8.58. The van der Waals surface area contributed by atoms with Crippen LogP contribution in [0.4, 0.5) is 5.95 Å². The minimum Gasteiger partial charge on any atom is -0.494 e. The number of nitrogens with one attached hydrogen (secondary N) is 1. The Kier molecular flexibility index (Phi) is 8.16. The third-order valence-electron chi connectivity index (χ3n) is 6.85. The Bertz CT molecular complexity index is 1360. The number of nitrogens with zero attached hydrogens (tertiary/aromatic N) is 5. The smallest absolute Gasteiger partial charge is 0.243 e. The van der Waals surface area contributed by atoms with Crippen molar-refractivity contribution in [2.75, 3.05) is 24.7 Å². The summed E-state index contributed by atoms with van der Waals surface area (Å²) in [5, 5.41) is 6.76. The molecule has 0 spiro atoms. The van der Waals surface area contributed by atoms with Crippen molar-refractivity contribution in [2.45, 2.75) is 56.5 Å². The molecule has 3 atom stereocenters. The van der Waals surface area contributed by atoms with Crippen molar-refractivity contribution in [2.24, 2.45) is 0 Å². The first-order valence-electron chi connectivity index (χ1n) is 12.2. The van der Waals surface area contributed by atoms with E-state index < -0.39 is 37.0 Å². The highest BCUT2D eigenvalue weighted by Crippen LogP contribution is 2.59. The molecule has 14 heteroatoms. The van der Waals surface area contributed by atoms with Gasteiger partial charge in [0.15, 0.2) is 5.82 Å². The van der Waals surface area contributed by atoms with E-state index in [2.05, 4.69) is 24.9 Å². The van der Waals surface area contributed by atoms with E-state index in [4.69, 9.17) is 9.47 Å². The Morgan fingerprint density at radius 3 is 2.29 bits per heavy atom. The van der Waals surface area contributed by atoms with Gasteiger partial charge in [-0.25, -0.2) is 18.4 Å². The summed E-state index contributed by atoms with van der Waals surface area (Å²) in [5.74, 6) is 0.938. The van der Waals surface area contributed by atoms with Gasteiger partial charge in [0.05, 0.1) is 19.5 Å². The second-order valence-corrected chi connectivity index (χ2v) is 13.8. The molecule has 0 saturated carbocycles. The Balaban J connectivity index is 1.82. The summed E-state index contributed by atoms with van der Waals surface area (Å²) < 4.78 is 64.2. The number of sulfonamides is 1. The number of methoxy groups -OCH3 is 2. The summed E-state index contributed by atoms with van der Waals surface area (Å²) in [6.45, 7) is 5.17. The highest BCUT2D eigenvalue weighted by atomic mass is 32.3. The van der Waals surface area contributed by atoms with Crippen molar-refractivity contribution in [3.05, 3.63) is 47.8 Å². The molecule has 0 amide bonds. The van der Waals surface area contributed by atoms with E-state index >= 15 is 0 Å². The molecule has 1 saturated heterocycles. The molecule has 1 aromatic carbocycles. The maximum atomic E-state index is 13.6. The van der Waals surface area contributed by atoms with Gasteiger partial charge >= 0.3 is 0 Å². The molecule has 38 heavy (non-hydrogen) atoms. The summed E-state index contributed by atoms with van der Waals surface area (Å²) in [7, 11) is -4.13. The predicted molar refractivity (Wildman–Crippen MR) is 146 cm³/mol. The largest absolute Gasteiger partial charge is 0.494 e. The molecule has 0 unspecified atom stereocenters. The van der Waals surface area contributed by atoms with Gasteiger partial charge in [-0.3, -0.25) is 18.4 Å². The first kappa shape index (κ1) is 28.1. The topological polar surface area (TPSA) is 162 Å². The van der Waals surface area contributed by atoms with Gasteiger partial charge in [-0.1, -0.05) is 13.0 Å². The van der Waals surface area contributed by atoms with Gasteiger partial charge in [-0.2, -0.15) is 10.6 Å². The highest BCUT2D eigenvalue weighted by Gasteiger charge is 2.38. The van der Waals surface area contributed by atoms with Crippen LogP contribution in [-0.2, 0) is 10.0 Å². The van der Waals surface area contributed by atoms with E-state index in [-0.39, 0.29) is 17.5 Å². The summed E-state index contributed by atoms with van der Waals surface area (Å²) in [5.41, 5.74) is 1.22. The molecule has 3 aromatic rings. The quantitative estimate of drug-likeness (QED) is 0.341. The van der Waals surface area contributed by atoms with Gasteiger partial charge < -0.3 is 9.47 Å². The zero-order valence-corrected chi connectivity index (χ0v) is 23.7. The molecular weight excluding hydrogens is 532 g/mol. The normalized spacial score (nSPS) is 19.8. The zero-order chi connectivity index (χ0) is 27.7. The molecule has 2 aromatic heterocycles. The van der Waals surface area contributed by atoms with Gasteiger partial charge in [0.2, 0.25) is 16.0 Å². The molecular formula is C24H34N6O6S2. The van der Waals surface area contributed by atoms with Crippen LogP contribution in [0.25, 0.3) is 5.69 Å². The standard InChI is InChI=1S/C24H34N6O6S2/c1-15-13-25-22(26-14-15)16(2)17(3)38(33,34)29-24-28-27-23(20-11-6-7-12-37(20,31)32)30(24)21-18(35-4)9-8-10-19(21)36-5/h8-10,13-14,16-17,20,31-32H,6-7,11-12H2,1-5H3,(H,28,29)/t16-,17-,20-/m0/s1. The number of rotatable bonds is 9. The van der Waals surface area contributed by atoms with Crippen molar-refractivity contribution >= 4 is 26.6 Å². The molecule has 4 rings (SSSR count). The van der Waals surface area contributed by atoms with E-state index in [1.807, 2.05) is 6.92 Å². The number of hydrogen-bond donors (Lipinski definition) is 3. The second-order valence-electron chi connectivity index (χ2n) is 9.39. The van der Waals surface area contributed by atoms with Crippen LogP contribution >= 0.6 is 10.6 Å². The van der Waals surface area contributed by atoms with Crippen LogP contribution in [0.1, 0.15) is 61.5 Å². The minimum absolute atomic E-state index is 0.118. The minimum atomic E-state index is -4.04. The number of anilines is 1. The van der Waals surface area contributed by atoms with E-state index in [0.717, 1.165) is 12.0 Å². The Morgan fingerprint density at radius 2 is 1.71 bits per heavy atom. The summed E-state index contributed by atoms with van der Waals surface area (Å²) in [6.07, 6.45) is 5.20. The van der Waals surface area contributed by atoms with E-state index in [9.17, 15) is 17.5 Å². The molecule has 1 aliphatic rings. The maximum absolute atomic E-state index is 13.6. The van der Waals surface area contributed by atoms with Gasteiger partial charge in [-0.05, 0) is 50.8 Å². The fourth-order valence-corrected chi connectivity index (χ4v) is 7.63. The second kappa shape index (κ2) is 11.0. The molecule has 1 fully saturated rings. The Labute approximate surface area is 224 Å². The fourth-order valence-electron chi connectivity index (χ4n) is 4.45. The van der Waals surface area contributed by atoms with Crippen molar-refractivity contribution in [3.8, 4) is 17.2 Å². The van der Waals surface area contributed by atoms with Crippen molar-refractivity contribution in [1.29, 1.82) is 0 Å². The van der Waals surface area contributed by atoms with Gasteiger partial charge in [-0.15, -0.1) is 10.2 Å². The molecule has 0 radical (unpaired) electrons. The van der Waals surface area contributed by atoms with Crippen LogP contribution in [0.2, 0.25) is 0 Å². The van der Waals surface area contributed by atoms with E-state index in [0.29, 0.717) is 35.9 Å². The van der Waals surface area contributed by atoms with Crippen LogP contribution in [0.5, 0.6) is 11.5 Å². The lowest BCUT2D eigenvalue weighted by molar-refractivity contribution is 0.389. The SMILES string of the molecule is COc1cccc(OC)c1-n1c(NS(=O)(=O)[C@@H](C)[C@H](C)c2ncc(C)cn2)nnc1[C@@H]1CCCCS1(O)O. The third kappa shape index (κ3) is 5.44. The number of hydrogen-bond acceptors (Lipinski definition) is 10. The molecule has 12 nitrogen and oxygen atoms in total. The van der Waals surface area contributed by atoms with Crippen LogP contribution in [0, 0.1) is 6.92 Å². The maximum Gasteiger partial charge on any atom is 0.243 e. The van der Waals surface area contributed by atoms with Crippen molar-refractivity contribution in [3.63, 3.8) is 0 Å². The number of aryl methyl sites for hydroxylation is 1. The average molecular weight is 567 g/mol. The van der Waals surface area contributed by atoms with Gasteiger partial charge in [0.25, 0.3) is 0 Å². The number of para-hydroxylation sites is 1. The Hall–Kier alpha value is -2.94. The lowest BCUT2D eigenvalue weighted by Gasteiger charge is -2.43.